The van der Waals surface area contributed by atoms with Gasteiger partial charge in [0, 0.05) is 6.42 Å². The highest BCUT2D eigenvalue weighted by atomic mass is 16.5. The normalized spacial score (nSPS) is 20.4. The summed E-state index contributed by atoms with van der Waals surface area (Å²) in [4.78, 5) is 32.7. The first kappa shape index (κ1) is 10.4. The summed E-state index contributed by atoms with van der Waals surface area (Å²) in [5, 5.41) is 2.05. The number of nitrogens with one attached hydrogen (secondary N) is 1. The monoisotopic (exact) mass is 197 g/mol. The highest BCUT2D eigenvalue weighted by Crippen LogP contribution is 2.08. The van der Waals surface area contributed by atoms with Crippen molar-refractivity contribution in [1.82, 2.24) is 5.32 Å². The smallest absolute Gasteiger partial charge is 0.306 e. The van der Waals surface area contributed by atoms with Gasteiger partial charge in [0.2, 0.25) is 5.91 Å². The Morgan fingerprint density at radius 3 is 2.86 bits per heavy atom. The van der Waals surface area contributed by atoms with Gasteiger partial charge >= 0.3 is 5.97 Å². The highest BCUT2D eigenvalue weighted by molar-refractivity contribution is 6.05. The number of allylic oxidation sites excluding steroid dienone is 1. The molecule has 0 aliphatic carbocycles. The van der Waals surface area contributed by atoms with Crippen LogP contribution in [0, 0.1) is 0 Å². The minimum Gasteiger partial charge on any atom is -0.452 e. The molecule has 0 aromatic carbocycles. The number of carbonyl (C=O) groups excluding carboxylic acids is 3. The zero-order valence-corrected chi connectivity index (χ0v) is 7.62. The van der Waals surface area contributed by atoms with Crippen molar-refractivity contribution in [2.75, 3.05) is 0 Å². The van der Waals surface area contributed by atoms with Crippen LogP contribution in [-0.2, 0) is 19.1 Å². The zero-order chi connectivity index (χ0) is 10.6. The summed E-state index contributed by atoms with van der Waals surface area (Å²) < 4.78 is 4.78. The maximum absolute atomic E-state index is 11.0. The van der Waals surface area contributed by atoms with Crippen LogP contribution in [0.1, 0.15) is 19.3 Å². The lowest BCUT2D eigenvalue weighted by molar-refractivity contribution is -0.153. The largest absolute Gasteiger partial charge is 0.452 e. The van der Waals surface area contributed by atoms with E-state index in [0.717, 1.165) is 0 Å². The first-order chi connectivity index (χ1) is 6.63. The summed E-state index contributed by atoms with van der Waals surface area (Å²) in [6.07, 6.45) is 1.25. The van der Waals surface area contributed by atoms with Crippen molar-refractivity contribution < 1.29 is 19.1 Å². The van der Waals surface area contributed by atoms with Crippen molar-refractivity contribution in [2.24, 2.45) is 0 Å². The Bertz CT molecular complexity index is 285. The second-order valence-electron chi connectivity index (χ2n) is 2.92. The van der Waals surface area contributed by atoms with E-state index >= 15 is 0 Å². The van der Waals surface area contributed by atoms with Gasteiger partial charge in [0.15, 0.2) is 6.10 Å². The first-order valence-corrected chi connectivity index (χ1v) is 4.27. The third kappa shape index (κ3) is 2.69. The van der Waals surface area contributed by atoms with Crippen LogP contribution in [0.3, 0.4) is 0 Å². The number of hydrogen-bond acceptors (Lipinski definition) is 4. The lowest BCUT2D eigenvalue weighted by Gasteiger charge is -2.07. The van der Waals surface area contributed by atoms with Gasteiger partial charge in [-0.15, -0.1) is 6.58 Å². The number of carbonyl (C=O) groups is 3. The molecular weight excluding hydrogens is 186 g/mol. The number of amides is 2. The van der Waals surface area contributed by atoms with Crippen molar-refractivity contribution in [1.29, 1.82) is 0 Å². The fourth-order valence-electron chi connectivity index (χ4n) is 1.06. The van der Waals surface area contributed by atoms with Crippen LogP contribution in [-0.4, -0.2) is 23.9 Å². The third-order valence-corrected chi connectivity index (χ3v) is 1.75. The molecule has 1 aliphatic heterocycles. The second-order valence-corrected chi connectivity index (χ2v) is 2.92. The van der Waals surface area contributed by atoms with E-state index in [9.17, 15) is 14.4 Å². The summed E-state index contributed by atoms with van der Waals surface area (Å²) in [5.41, 5.74) is 0. The van der Waals surface area contributed by atoms with E-state index in [-0.39, 0.29) is 12.8 Å². The Balaban J connectivity index is 2.37. The van der Waals surface area contributed by atoms with Crippen molar-refractivity contribution >= 4 is 17.8 Å². The van der Waals surface area contributed by atoms with Gasteiger partial charge in [-0.3, -0.25) is 19.7 Å². The molecule has 5 heteroatoms. The zero-order valence-electron chi connectivity index (χ0n) is 7.62. The molecule has 1 rings (SSSR count). The van der Waals surface area contributed by atoms with Crippen LogP contribution in [0.25, 0.3) is 0 Å². The van der Waals surface area contributed by atoms with E-state index in [1.807, 2.05) is 0 Å². The van der Waals surface area contributed by atoms with Gasteiger partial charge in [-0.1, -0.05) is 6.08 Å². The van der Waals surface area contributed by atoms with E-state index in [4.69, 9.17) is 4.74 Å². The molecule has 0 radical (unpaired) electrons. The van der Waals surface area contributed by atoms with Crippen LogP contribution < -0.4 is 5.32 Å². The second kappa shape index (κ2) is 4.55. The molecule has 0 aromatic rings. The molecule has 5 nitrogen and oxygen atoms in total. The minimum atomic E-state index is -0.945. The summed E-state index contributed by atoms with van der Waals surface area (Å²) in [5.74, 6) is -1.43. The number of imide groups is 1. The molecule has 1 unspecified atom stereocenters. The lowest BCUT2D eigenvalue weighted by Crippen LogP contribution is -2.28. The van der Waals surface area contributed by atoms with Gasteiger partial charge in [-0.2, -0.15) is 0 Å². The molecular formula is C9H11NO4. The van der Waals surface area contributed by atoms with Crippen LogP contribution in [0.4, 0.5) is 0 Å². The van der Waals surface area contributed by atoms with Crippen molar-refractivity contribution in [3.8, 4) is 0 Å². The maximum Gasteiger partial charge on any atom is 0.306 e. The molecule has 14 heavy (non-hydrogen) atoms. The SMILES string of the molecule is C=CCCC(=O)OC1CC(=O)NC1=O. The maximum atomic E-state index is 11.0. The quantitative estimate of drug-likeness (QED) is 0.388. The fraction of sp³-hybridized carbons (Fsp3) is 0.444. The van der Waals surface area contributed by atoms with Crippen LogP contribution in [0.2, 0.25) is 0 Å². The van der Waals surface area contributed by atoms with Crippen molar-refractivity contribution in [3.05, 3.63) is 12.7 Å². The summed E-state index contributed by atoms with van der Waals surface area (Å²) >= 11 is 0. The van der Waals surface area contributed by atoms with Gasteiger partial charge in [-0.05, 0) is 6.42 Å². The van der Waals surface area contributed by atoms with Gasteiger partial charge in [-0.25, -0.2) is 0 Å². The average Bonchev–Trinajstić information content (AvgIpc) is 2.42. The Morgan fingerprint density at radius 1 is 1.64 bits per heavy atom. The van der Waals surface area contributed by atoms with Crippen LogP contribution in [0.15, 0.2) is 12.7 Å². The standard InChI is InChI=1S/C9H11NO4/c1-2-3-4-8(12)14-6-5-7(11)10-9(6)13/h2,6H,1,3-5H2,(H,10,11,13). The Morgan fingerprint density at radius 2 is 2.36 bits per heavy atom. The molecule has 1 fully saturated rings. The molecule has 1 aliphatic rings. The van der Waals surface area contributed by atoms with E-state index < -0.39 is 23.9 Å². The predicted molar refractivity (Wildman–Crippen MR) is 47.1 cm³/mol. The topological polar surface area (TPSA) is 72.5 Å². The predicted octanol–water partition coefficient (Wildman–Crippen LogP) is -0.0891. The van der Waals surface area contributed by atoms with Gasteiger partial charge in [0.1, 0.15) is 0 Å². The molecule has 1 saturated heterocycles. The molecule has 0 bridgehead atoms. The van der Waals surface area contributed by atoms with Gasteiger partial charge < -0.3 is 4.74 Å². The van der Waals surface area contributed by atoms with E-state index in [2.05, 4.69) is 11.9 Å². The molecule has 0 aromatic heterocycles. The first-order valence-electron chi connectivity index (χ1n) is 4.27. The molecule has 0 saturated carbocycles. The molecule has 0 spiro atoms. The number of rotatable bonds is 4. The van der Waals surface area contributed by atoms with Crippen LogP contribution in [0.5, 0.6) is 0 Å². The van der Waals surface area contributed by atoms with E-state index in [1.54, 1.807) is 6.08 Å². The van der Waals surface area contributed by atoms with E-state index in [0.29, 0.717) is 6.42 Å². The van der Waals surface area contributed by atoms with Crippen molar-refractivity contribution in [3.63, 3.8) is 0 Å². The Kier molecular flexibility index (Phi) is 3.39. The summed E-state index contributed by atoms with van der Waals surface area (Å²) in [6, 6.07) is 0. The highest BCUT2D eigenvalue weighted by Gasteiger charge is 2.33. The van der Waals surface area contributed by atoms with Gasteiger partial charge in [0.05, 0.1) is 6.42 Å². The number of esters is 1. The van der Waals surface area contributed by atoms with Crippen molar-refractivity contribution in [2.45, 2.75) is 25.4 Å². The number of ether oxygens (including phenoxy) is 1. The molecule has 76 valence electrons. The van der Waals surface area contributed by atoms with Gasteiger partial charge in [0.25, 0.3) is 5.91 Å². The summed E-state index contributed by atoms with van der Waals surface area (Å²) in [6.45, 7) is 3.45. The Hall–Kier alpha value is -1.65. The molecule has 1 heterocycles. The number of hydrogen-bond donors (Lipinski definition) is 1. The lowest BCUT2D eigenvalue weighted by atomic mass is 10.3. The average molecular weight is 197 g/mol. The third-order valence-electron chi connectivity index (χ3n) is 1.75. The molecule has 1 atom stereocenters. The Labute approximate surface area is 81.1 Å². The minimum absolute atomic E-state index is 0.0708. The van der Waals surface area contributed by atoms with Crippen LogP contribution >= 0.6 is 0 Å². The molecule has 1 N–H and O–H groups in total. The van der Waals surface area contributed by atoms with E-state index in [1.165, 1.54) is 0 Å². The molecule has 2 amide bonds. The summed E-state index contributed by atoms with van der Waals surface area (Å²) in [7, 11) is 0. The fourth-order valence-corrected chi connectivity index (χ4v) is 1.06.